The van der Waals surface area contributed by atoms with E-state index in [1.54, 1.807) is 0 Å². The zero-order valence-corrected chi connectivity index (χ0v) is 10.8. The van der Waals surface area contributed by atoms with E-state index in [9.17, 15) is 0 Å². The normalized spacial score (nSPS) is 28.9. The van der Waals surface area contributed by atoms with Gasteiger partial charge in [0.25, 0.3) is 0 Å². The Morgan fingerprint density at radius 2 is 2.25 bits per heavy atom. The molecule has 1 atom stereocenters. The van der Waals surface area contributed by atoms with Crippen LogP contribution >= 0.6 is 0 Å². The van der Waals surface area contributed by atoms with Gasteiger partial charge < -0.3 is 5.32 Å². The molecule has 0 saturated carbocycles. The molecule has 0 amide bonds. The SMILES string of the molecule is CC1CCC[N-]C1.[Rb+]. The van der Waals surface area contributed by atoms with Gasteiger partial charge in [0.15, 0.2) is 0 Å². The number of piperidine rings is 1. The summed E-state index contributed by atoms with van der Waals surface area (Å²) >= 11 is 0. The van der Waals surface area contributed by atoms with E-state index in [-0.39, 0.29) is 58.2 Å². The summed E-state index contributed by atoms with van der Waals surface area (Å²) in [7, 11) is 0. The molecule has 0 spiro atoms. The van der Waals surface area contributed by atoms with Crippen molar-refractivity contribution in [1.29, 1.82) is 0 Å². The van der Waals surface area contributed by atoms with Gasteiger partial charge in [0.1, 0.15) is 0 Å². The fourth-order valence-electron chi connectivity index (χ4n) is 0.955. The minimum absolute atomic E-state index is 0. The van der Waals surface area contributed by atoms with E-state index in [1.165, 1.54) is 12.8 Å². The summed E-state index contributed by atoms with van der Waals surface area (Å²) in [5.74, 6) is 0.869. The second-order valence-electron chi connectivity index (χ2n) is 2.38. The van der Waals surface area contributed by atoms with Crippen LogP contribution in [0.5, 0.6) is 0 Å². The Morgan fingerprint density at radius 1 is 1.50 bits per heavy atom. The third-order valence-corrected chi connectivity index (χ3v) is 1.45. The van der Waals surface area contributed by atoms with Crippen molar-refractivity contribution in [3.05, 3.63) is 5.32 Å². The van der Waals surface area contributed by atoms with Crippen molar-refractivity contribution in [1.82, 2.24) is 0 Å². The maximum atomic E-state index is 4.26. The minimum atomic E-state index is 0. The van der Waals surface area contributed by atoms with Crippen LogP contribution in [-0.2, 0) is 0 Å². The van der Waals surface area contributed by atoms with E-state index in [0.717, 1.165) is 19.0 Å². The minimum Gasteiger partial charge on any atom is -0.662 e. The van der Waals surface area contributed by atoms with Crippen molar-refractivity contribution in [2.75, 3.05) is 13.1 Å². The fourth-order valence-corrected chi connectivity index (χ4v) is 0.955. The molecule has 8 heavy (non-hydrogen) atoms. The zero-order chi connectivity index (χ0) is 5.11. The molecular formula is C6H12NRb. The van der Waals surface area contributed by atoms with E-state index in [4.69, 9.17) is 0 Å². The molecule has 0 aromatic heterocycles. The van der Waals surface area contributed by atoms with Gasteiger partial charge in [-0.2, -0.15) is 0 Å². The Kier molecular flexibility index (Phi) is 6.77. The monoisotopic (exact) mass is 183 g/mol. The summed E-state index contributed by atoms with van der Waals surface area (Å²) in [4.78, 5) is 0. The van der Waals surface area contributed by atoms with Crippen LogP contribution in [0.1, 0.15) is 19.8 Å². The average Bonchev–Trinajstić information content (AvgIpc) is 1.69. The Balaban J connectivity index is 0.000000490. The van der Waals surface area contributed by atoms with Gasteiger partial charge in [-0.15, -0.1) is 13.1 Å². The molecule has 1 rings (SSSR count). The Hall–Kier alpha value is 1.77. The van der Waals surface area contributed by atoms with Crippen molar-refractivity contribution < 1.29 is 58.2 Å². The molecule has 1 heterocycles. The summed E-state index contributed by atoms with van der Waals surface area (Å²) in [5, 5.41) is 4.26. The molecule has 1 nitrogen and oxygen atoms in total. The molecule has 0 bridgehead atoms. The van der Waals surface area contributed by atoms with Gasteiger partial charge in [-0.1, -0.05) is 25.7 Å². The van der Waals surface area contributed by atoms with E-state index >= 15 is 0 Å². The van der Waals surface area contributed by atoms with Crippen molar-refractivity contribution >= 4 is 0 Å². The summed E-state index contributed by atoms with van der Waals surface area (Å²) in [5.41, 5.74) is 0. The topological polar surface area (TPSA) is 14.1 Å². The Morgan fingerprint density at radius 3 is 2.50 bits per heavy atom. The third-order valence-electron chi connectivity index (χ3n) is 1.45. The first kappa shape index (κ1) is 9.77. The second kappa shape index (κ2) is 5.54. The first-order valence-corrected chi connectivity index (χ1v) is 3.03. The molecule has 42 valence electrons. The standard InChI is InChI=1S/C6H12N.Rb/c1-6-3-2-4-7-5-6;/h6H,2-5H2,1H3;/q-1;+1. The van der Waals surface area contributed by atoms with E-state index in [2.05, 4.69) is 12.2 Å². The van der Waals surface area contributed by atoms with Crippen molar-refractivity contribution in [2.45, 2.75) is 19.8 Å². The third kappa shape index (κ3) is 3.73. The summed E-state index contributed by atoms with van der Waals surface area (Å²) in [6.45, 7) is 4.49. The molecule has 1 saturated heterocycles. The molecule has 1 aliphatic rings. The molecule has 2 heteroatoms. The number of nitrogens with zero attached hydrogens (tertiary/aromatic N) is 1. The van der Waals surface area contributed by atoms with E-state index in [1.807, 2.05) is 0 Å². The fraction of sp³-hybridized carbons (Fsp3) is 1.00. The molecule has 0 N–H and O–H groups in total. The summed E-state index contributed by atoms with van der Waals surface area (Å²) in [6, 6.07) is 0. The summed E-state index contributed by atoms with van der Waals surface area (Å²) < 4.78 is 0. The smallest absolute Gasteiger partial charge is 0.662 e. The van der Waals surface area contributed by atoms with Crippen molar-refractivity contribution in [3.63, 3.8) is 0 Å². The molecule has 1 unspecified atom stereocenters. The van der Waals surface area contributed by atoms with Gasteiger partial charge in [-0.3, -0.25) is 0 Å². The van der Waals surface area contributed by atoms with Crippen LogP contribution in [0.2, 0.25) is 0 Å². The molecule has 1 aliphatic heterocycles. The van der Waals surface area contributed by atoms with Crippen LogP contribution in [0.3, 0.4) is 0 Å². The van der Waals surface area contributed by atoms with Gasteiger partial charge in [0, 0.05) is 0 Å². The Bertz CT molecular complexity index is 50.5. The molecular weight excluding hydrogens is 172 g/mol. The average molecular weight is 184 g/mol. The second-order valence-corrected chi connectivity index (χ2v) is 2.38. The van der Waals surface area contributed by atoms with Gasteiger partial charge in [0.2, 0.25) is 0 Å². The molecule has 0 aromatic carbocycles. The molecule has 0 aromatic rings. The van der Waals surface area contributed by atoms with Crippen LogP contribution < -0.4 is 58.2 Å². The largest absolute Gasteiger partial charge is 1.00 e. The number of hydrogen-bond donors (Lipinski definition) is 0. The first-order valence-electron chi connectivity index (χ1n) is 3.03. The van der Waals surface area contributed by atoms with Crippen molar-refractivity contribution in [2.24, 2.45) is 5.92 Å². The molecule has 0 aliphatic carbocycles. The van der Waals surface area contributed by atoms with Gasteiger partial charge >= 0.3 is 58.2 Å². The van der Waals surface area contributed by atoms with Crippen molar-refractivity contribution in [3.8, 4) is 0 Å². The number of rotatable bonds is 0. The van der Waals surface area contributed by atoms with Crippen LogP contribution in [0, 0.1) is 5.92 Å². The molecule has 0 radical (unpaired) electrons. The van der Waals surface area contributed by atoms with E-state index < -0.39 is 0 Å². The Labute approximate surface area is 100 Å². The predicted octanol–water partition coefficient (Wildman–Crippen LogP) is -1.21. The van der Waals surface area contributed by atoms with Crippen LogP contribution in [0.4, 0.5) is 0 Å². The first-order chi connectivity index (χ1) is 3.39. The predicted molar refractivity (Wildman–Crippen MR) is 31.5 cm³/mol. The van der Waals surface area contributed by atoms with Gasteiger partial charge in [-0.25, -0.2) is 0 Å². The number of hydrogen-bond acceptors (Lipinski definition) is 0. The van der Waals surface area contributed by atoms with E-state index in [0.29, 0.717) is 0 Å². The maximum Gasteiger partial charge on any atom is 1.00 e. The maximum absolute atomic E-state index is 4.26. The van der Waals surface area contributed by atoms with Crippen LogP contribution in [0.15, 0.2) is 0 Å². The molecule has 1 fully saturated rings. The van der Waals surface area contributed by atoms with Crippen LogP contribution in [0.25, 0.3) is 5.32 Å². The summed E-state index contributed by atoms with van der Waals surface area (Å²) in [6.07, 6.45) is 2.71. The van der Waals surface area contributed by atoms with Crippen LogP contribution in [-0.4, -0.2) is 13.1 Å². The van der Waals surface area contributed by atoms with Gasteiger partial charge in [-0.05, 0) is 0 Å². The quantitative estimate of drug-likeness (QED) is 0.448. The van der Waals surface area contributed by atoms with Gasteiger partial charge in [0.05, 0.1) is 0 Å². The zero-order valence-electron chi connectivity index (χ0n) is 5.85.